The molecule has 1 N–H and O–H groups in total. The molecule has 19 heavy (non-hydrogen) atoms. The smallest absolute Gasteiger partial charge is 0.326 e. The van der Waals surface area contributed by atoms with Crippen LogP contribution in [-0.2, 0) is 19.7 Å². The Morgan fingerprint density at radius 2 is 2.21 bits per heavy atom. The number of carbonyl (C=O) groups is 2. The molecule has 5 heteroatoms. The molecule has 0 saturated carbocycles. The number of hydrogen-bond acceptors (Lipinski definition) is 3. The van der Waals surface area contributed by atoms with Gasteiger partial charge < -0.3 is 10.1 Å². The molecule has 0 unspecified atom stereocenters. The molecule has 0 bridgehead atoms. The highest BCUT2D eigenvalue weighted by molar-refractivity contribution is 9.10. The van der Waals surface area contributed by atoms with Gasteiger partial charge in [-0.3, -0.25) is 9.59 Å². The van der Waals surface area contributed by atoms with Crippen molar-refractivity contribution in [1.82, 2.24) is 0 Å². The quantitative estimate of drug-likeness (QED) is 0.528. The number of amides is 1. The molecule has 0 radical (unpaired) electrons. The molecule has 100 valence electrons. The van der Waals surface area contributed by atoms with Gasteiger partial charge in [0.15, 0.2) is 5.41 Å². The number of methoxy groups -OCH3 is 1. The van der Waals surface area contributed by atoms with E-state index in [1.807, 2.05) is 6.07 Å². The van der Waals surface area contributed by atoms with Crippen LogP contribution in [0.1, 0.15) is 18.9 Å². The summed E-state index contributed by atoms with van der Waals surface area (Å²) < 4.78 is 5.65. The van der Waals surface area contributed by atoms with E-state index < -0.39 is 11.4 Å². The Morgan fingerprint density at radius 3 is 2.79 bits per heavy atom. The molecule has 1 aliphatic rings. The summed E-state index contributed by atoms with van der Waals surface area (Å²) in [7, 11) is 1.28. The molecule has 1 heterocycles. The standard InChI is InChI=1S/C14H14BrNO3/c1-8(2)7-14(13(18)19-3)10-6-9(15)4-5-11(10)16-12(14)17/h4-6H,1,7H2,2-3H3,(H,16,17)/t14-/m0/s1. The van der Waals surface area contributed by atoms with Crippen LogP contribution in [0.5, 0.6) is 0 Å². The minimum atomic E-state index is -1.33. The maximum atomic E-state index is 12.3. The van der Waals surface area contributed by atoms with Crippen LogP contribution in [0, 0.1) is 0 Å². The van der Waals surface area contributed by atoms with Crippen molar-refractivity contribution < 1.29 is 14.3 Å². The van der Waals surface area contributed by atoms with Crippen LogP contribution < -0.4 is 5.32 Å². The van der Waals surface area contributed by atoms with E-state index in [0.29, 0.717) is 11.3 Å². The summed E-state index contributed by atoms with van der Waals surface area (Å²) in [5.74, 6) is -0.930. The fourth-order valence-electron chi connectivity index (χ4n) is 2.41. The van der Waals surface area contributed by atoms with E-state index in [4.69, 9.17) is 4.74 Å². The van der Waals surface area contributed by atoms with E-state index in [0.717, 1.165) is 10.0 Å². The van der Waals surface area contributed by atoms with Crippen LogP contribution in [0.3, 0.4) is 0 Å². The summed E-state index contributed by atoms with van der Waals surface area (Å²) >= 11 is 3.36. The second kappa shape index (κ2) is 4.81. The predicted octanol–water partition coefficient (Wildman–Crippen LogP) is 2.78. The fourth-order valence-corrected chi connectivity index (χ4v) is 2.77. The zero-order chi connectivity index (χ0) is 14.2. The summed E-state index contributed by atoms with van der Waals surface area (Å²) in [6, 6.07) is 5.35. The number of halogens is 1. The third-order valence-electron chi connectivity index (χ3n) is 3.18. The number of allylic oxidation sites excluding steroid dienone is 1. The molecule has 0 spiro atoms. The third kappa shape index (κ3) is 2.08. The summed E-state index contributed by atoms with van der Waals surface area (Å²) in [5.41, 5.74) is 0.676. The Hall–Kier alpha value is -1.62. The number of hydrogen-bond donors (Lipinski definition) is 1. The molecule has 1 aromatic carbocycles. The molecule has 4 nitrogen and oxygen atoms in total. The lowest BCUT2D eigenvalue weighted by molar-refractivity contribution is -0.150. The van der Waals surface area contributed by atoms with Gasteiger partial charge in [-0.05, 0) is 31.5 Å². The van der Waals surface area contributed by atoms with Crippen molar-refractivity contribution in [2.24, 2.45) is 0 Å². The fraction of sp³-hybridized carbons (Fsp3) is 0.286. The van der Waals surface area contributed by atoms with Gasteiger partial charge in [-0.2, -0.15) is 0 Å². The minimum Gasteiger partial charge on any atom is -0.468 e. The van der Waals surface area contributed by atoms with Gasteiger partial charge in [-0.15, -0.1) is 6.58 Å². The molecule has 1 amide bonds. The van der Waals surface area contributed by atoms with Gasteiger partial charge >= 0.3 is 5.97 Å². The van der Waals surface area contributed by atoms with Gasteiger partial charge in [0.2, 0.25) is 5.91 Å². The average molecular weight is 324 g/mol. The monoisotopic (exact) mass is 323 g/mol. The SMILES string of the molecule is C=C(C)C[C@@]1(C(=O)OC)C(=O)Nc2ccc(Br)cc21. The highest BCUT2D eigenvalue weighted by atomic mass is 79.9. The summed E-state index contributed by atoms with van der Waals surface area (Å²) in [5, 5.41) is 2.73. The van der Waals surface area contributed by atoms with Crippen molar-refractivity contribution in [3.63, 3.8) is 0 Å². The van der Waals surface area contributed by atoms with E-state index >= 15 is 0 Å². The number of esters is 1. The van der Waals surface area contributed by atoms with E-state index in [1.165, 1.54) is 7.11 Å². The van der Waals surface area contributed by atoms with Crippen molar-refractivity contribution in [1.29, 1.82) is 0 Å². The summed E-state index contributed by atoms with van der Waals surface area (Å²) in [4.78, 5) is 24.5. The van der Waals surface area contributed by atoms with Gasteiger partial charge in [0, 0.05) is 15.7 Å². The van der Waals surface area contributed by atoms with Crippen LogP contribution in [0.4, 0.5) is 5.69 Å². The maximum absolute atomic E-state index is 12.3. The van der Waals surface area contributed by atoms with Gasteiger partial charge in [0.05, 0.1) is 7.11 Å². The van der Waals surface area contributed by atoms with Crippen LogP contribution in [0.15, 0.2) is 34.8 Å². The number of ether oxygens (including phenoxy) is 1. The van der Waals surface area contributed by atoms with Crippen LogP contribution in [-0.4, -0.2) is 19.0 Å². The molecule has 1 aromatic rings. The molecule has 0 aromatic heterocycles. The Bertz CT molecular complexity index is 572. The highest BCUT2D eigenvalue weighted by Gasteiger charge is 2.54. The lowest BCUT2D eigenvalue weighted by Crippen LogP contribution is -2.43. The van der Waals surface area contributed by atoms with Gasteiger partial charge in [0.1, 0.15) is 0 Å². The second-order valence-corrected chi connectivity index (χ2v) is 5.59. The lowest BCUT2D eigenvalue weighted by Gasteiger charge is -2.24. The number of carbonyl (C=O) groups excluding carboxylic acids is 2. The van der Waals surface area contributed by atoms with Crippen molar-refractivity contribution in [2.45, 2.75) is 18.8 Å². The van der Waals surface area contributed by atoms with Crippen molar-refractivity contribution in [2.75, 3.05) is 12.4 Å². The molecule has 2 rings (SSSR count). The van der Waals surface area contributed by atoms with Crippen molar-refractivity contribution in [3.8, 4) is 0 Å². The highest BCUT2D eigenvalue weighted by Crippen LogP contribution is 2.43. The van der Waals surface area contributed by atoms with Crippen LogP contribution >= 0.6 is 15.9 Å². The first-order chi connectivity index (χ1) is 8.91. The molecular weight excluding hydrogens is 310 g/mol. The van der Waals surface area contributed by atoms with Crippen LogP contribution in [0.25, 0.3) is 0 Å². The first-order valence-corrected chi connectivity index (χ1v) is 6.55. The zero-order valence-corrected chi connectivity index (χ0v) is 12.3. The van der Waals surface area contributed by atoms with E-state index in [2.05, 4.69) is 27.8 Å². The number of benzene rings is 1. The first-order valence-electron chi connectivity index (χ1n) is 5.76. The topological polar surface area (TPSA) is 55.4 Å². The summed E-state index contributed by atoms with van der Waals surface area (Å²) in [6.45, 7) is 5.60. The molecule has 1 atom stereocenters. The molecular formula is C14H14BrNO3. The molecule has 0 saturated heterocycles. The van der Waals surface area contributed by atoms with Crippen molar-refractivity contribution >= 4 is 33.5 Å². The first kappa shape index (κ1) is 13.8. The van der Waals surface area contributed by atoms with E-state index in [1.54, 1.807) is 19.1 Å². The van der Waals surface area contributed by atoms with Crippen LogP contribution in [0.2, 0.25) is 0 Å². The number of fused-ring (bicyclic) bond motifs is 1. The average Bonchev–Trinajstić information content (AvgIpc) is 2.62. The normalized spacial score (nSPS) is 20.7. The maximum Gasteiger partial charge on any atom is 0.326 e. The number of nitrogens with one attached hydrogen (secondary N) is 1. The summed E-state index contributed by atoms with van der Waals surface area (Å²) in [6.07, 6.45) is 0.231. The minimum absolute atomic E-state index is 0.231. The Morgan fingerprint density at radius 1 is 1.53 bits per heavy atom. The largest absolute Gasteiger partial charge is 0.468 e. The molecule has 0 aliphatic carbocycles. The van der Waals surface area contributed by atoms with Gasteiger partial charge in [-0.25, -0.2) is 0 Å². The molecule has 1 aliphatic heterocycles. The number of anilines is 1. The van der Waals surface area contributed by atoms with E-state index in [-0.39, 0.29) is 12.3 Å². The Balaban J connectivity index is 2.67. The third-order valence-corrected chi connectivity index (χ3v) is 3.67. The second-order valence-electron chi connectivity index (χ2n) is 4.67. The van der Waals surface area contributed by atoms with Gasteiger partial charge in [-0.1, -0.05) is 21.5 Å². The van der Waals surface area contributed by atoms with E-state index in [9.17, 15) is 9.59 Å². The van der Waals surface area contributed by atoms with Gasteiger partial charge in [0.25, 0.3) is 0 Å². The Labute approximate surface area is 120 Å². The Kier molecular flexibility index (Phi) is 3.49. The predicted molar refractivity (Wildman–Crippen MR) is 75.9 cm³/mol. The zero-order valence-electron chi connectivity index (χ0n) is 10.7. The molecule has 0 fully saturated rings. The number of rotatable bonds is 3. The van der Waals surface area contributed by atoms with Crippen molar-refractivity contribution in [3.05, 3.63) is 40.4 Å². The lowest BCUT2D eigenvalue weighted by atomic mass is 9.76.